The Morgan fingerprint density at radius 2 is 1.89 bits per heavy atom. The Morgan fingerprint density at radius 3 is 2.51 bits per heavy atom. The zero-order chi connectivity index (χ0) is 25.1. The molecule has 2 heterocycles. The van der Waals surface area contributed by atoms with Gasteiger partial charge in [0.15, 0.2) is 0 Å². The molecule has 0 bridgehead atoms. The summed E-state index contributed by atoms with van der Waals surface area (Å²) in [6, 6.07) is 13.4. The van der Waals surface area contributed by atoms with E-state index in [2.05, 4.69) is 18.8 Å². The van der Waals surface area contributed by atoms with Crippen molar-refractivity contribution in [3.8, 4) is 5.75 Å². The van der Waals surface area contributed by atoms with Crippen LogP contribution in [0.1, 0.15) is 42.1 Å². The van der Waals surface area contributed by atoms with Crippen LogP contribution in [0.25, 0.3) is 5.76 Å². The second-order valence-electron chi connectivity index (χ2n) is 9.02. The molecule has 35 heavy (non-hydrogen) atoms. The Kier molecular flexibility index (Phi) is 6.96. The van der Waals surface area contributed by atoms with Gasteiger partial charge in [-0.3, -0.25) is 14.6 Å². The molecule has 0 saturated carbocycles. The summed E-state index contributed by atoms with van der Waals surface area (Å²) in [7, 11) is 0. The molecule has 0 aliphatic carbocycles. The highest BCUT2D eigenvalue weighted by Gasteiger charge is 2.46. The maximum Gasteiger partial charge on any atom is 0.295 e. The zero-order valence-corrected chi connectivity index (χ0v) is 19.9. The highest BCUT2D eigenvalue weighted by atomic mass is 19.1. The number of ketones is 1. The van der Waals surface area contributed by atoms with Gasteiger partial charge in [-0.15, -0.1) is 0 Å². The number of nitrogens with zero attached hydrogens (tertiary/aromatic N) is 2. The summed E-state index contributed by atoms with van der Waals surface area (Å²) in [5.41, 5.74) is 2.39. The average Bonchev–Trinajstić information content (AvgIpc) is 3.09. The molecule has 1 N–H and O–H groups in total. The minimum Gasteiger partial charge on any atom is -0.507 e. The van der Waals surface area contributed by atoms with E-state index in [-0.39, 0.29) is 17.9 Å². The lowest BCUT2D eigenvalue weighted by Gasteiger charge is -2.25. The summed E-state index contributed by atoms with van der Waals surface area (Å²) in [5, 5.41) is 11.3. The van der Waals surface area contributed by atoms with Crippen LogP contribution < -0.4 is 4.74 Å². The van der Waals surface area contributed by atoms with E-state index in [0.717, 1.165) is 11.1 Å². The SMILES string of the molecule is Cc1cc(/C(O)=C2\C(=O)C(=O)N(Cc3cccnc3)[C@H]2c2ccc(F)cc2)ccc1OCC(C)C. The lowest BCUT2D eigenvalue weighted by molar-refractivity contribution is -0.140. The standard InChI is InChI=1S/C28H27FN2O4/c1-17(2)16-35-23-11-8-21(13-18(23)3)26(32)24-25(20-6-9-22(29)10-7-20)31(28(34)27(24)33)15-19-5-4-12-30-14-19/h4-14,17,25,32H,15-16H2,1-3H3/b26-24+/t25-/m0/s1. The van der Waals surface area contributed by atoms with Crippen molar-refractivity contribution in [2.24, 2.45) is 5.92 Å². The summed E-state index contributed by atoms with van der Waals surface area (Å²) in [4.78, 5) is 31.7. The quantitative estimate of drug-likeness (QED) is 0.290. The third-order valence-corrected chi connectivity index (χ3v) is 5.82. The van der Waals surface area contributed by atoms with E-state index in [9.17, 15) is 19.1 Å². The molecule has 1 saturated heterocycles. The summed E-state index contributed by atoms with van der Waals surface area (Å²) in [5.74, 6) is -1.22. The molecule has 180 valence electrons. The Morgan fingerprint density at radius 1 is 1.14 bits per heavy atom. The summed E-state index contributed by atoms with van der Waals surface area (Å²) >= 11 is 0. The van der Waals surface area contributed by atoms with Gasteiger partial charge in [0.2, 0.25) is 0 Å². The molecule has 0 spiro atoms. The van der Waals surface area contributed by atoms with E-state index in [1.165, 1.54) is 29.2 Å². The number of halogens is 1. The van der Waals surface area contributed by atoms with Gasteiger partial charge in [-0.05, 0) is 65.9 Å². The normalized spacial score (nSPS) is 17.3. The Balaban J connectivity index is 1.78. The third kappa shape index (κ3) is 5.09. The first-order chi connectivity index (χ1) is 16.8. The molecular weight excluding hydrogens is 447 g/mol. The monoisotopic (exact) mass is 474 g/mol. The van der Waals surface area contributed by atoms with Gasteiger partial charge in [0, 0.05) is 24.5 Å². The van der Waals surface area contributed by atoms with Crippen LogP contribution >= 0.6 is 0 Å². The van der Waals surface area contributed by atoms with Crippen LogP contribution in [0.4, 0.5) is 4.39 Å². The molecule has 1 aliphatic heterocycles. The van der Waals surface area contributed by atoms with Gasteiger partial charge in [0.05, 0.1) is 18.2 Å². The molecule has 1 fully saturated rings. The molecule has 1 atom stereocenters. The first-order valence-corrected chi connectivity index (χ1v) is 11.4. The number of pyridine rings is 1. The topological polar surface area (TPSA) is 79.7 Å². The number of rotatable bonds is 7. The van der Waals surface area contributed by atoms with Crippen molar-refractivity contribution in [2.45, 2.75) is 33.4 Å². The molecule has 2 aromatic carbocycles. The number of aliphatic hydroxyl groups excluding tert-OH is 1. The highest BCUT2D eigenvalue weighted by Crippen LogP contribution is 2.40. The molecule has 1 aliphatic rings. The molecule has 0 unspecified atom stereocenters. The number of hydrogen-bond donors (Lipinski definition) is 1. The predicted octanol–water partition coefficient (Wildman–Crippen LogP) is 5.19. The minimum atomic E-state index is -0.882. The lowest BCUT2D eigenvalue weighted by atomic mass is 9.94. The molecule has 7 heteroatoms. The number of likely N-dealkylation sites (tertiary alicyclic amines) is 1. The number of hydrogen-bond acceptors (Lipinski definition) is 5. The van der Waals surface area contributed by atoms with Crippen molar-refractivity contribution in [1.29, 1.82) is 0 Å². The lowest BCUT2D eigenvalue weighted by Crippen LogP contribution is -2.29. The fourth-order valence-corrected chi connectivity index (χ4v) is 4.09. The van der Waals surface area contributed by atoms with Crippen molar-refractivity contribution < 1.29 is 23.8 Å². The van der Waals surface area contributed by atoms with Crippen molar-refractivity contribution in [1.82, 2.24) is 9.88 Å². The first-order valence-electron chi connectivity index (χ1n) is 11.4. The number of ether oxygens (including phenoxy) is 1. The van der Waals surface area contributed by atoms with Crippen molar-refractivity contribution in [3.05, 3.63) is 101 Å². The molecule has 1 amide bonds. The van der Waals surface area contributed by atoms with Crippen molar-refractivity contribution >= 4 is 17.4 Å². The van der Waals surface area contributed by atoms with E-state index >= 15 is 0 Å². The number of carbonyl (C=O) groups excluding carboxylic acids is 2. The van der Waals surface area contributed by atoms with E-state index in [4.69, 9.17) is 4.74 Å². The largest absolute Gasteiger partial charge is 0.507 e. The van der Waals surface area contributed by atoms with Crippen LogP contribution in [0.2, 0.25) is 0 Å². The number of Topliss-reactive ketones (excluding diaryl/α,β-unsaturated/α-hetero) is 1. The zero-order valence-electron chi connectivity index (χ0n) is 19.9. The highest BCUT2D eigenvalue weighted by molar-refractivity contribution is 6.46. The maximum absolute atomic E-state index is 13.7. The van der Waals surface area contributed by atoms with E-state index in [0.29, 0.717) is 29.4 Å². The molecule has 4 rings (SSSR count). The number of aromatic nitrogens is 1. The van der Waals surface area contributed by atoms with Gasteiger partial charge in [0.1, 0.15) is 17.3 Å². The van der Waals surface area contributed by atoms with Crippen molar-refractivity contribution in [2.75, 3.05) is 6.61 Å². The number of amides is 1. The summed E-state index contributed by atoms with van der Waals surface area (Å²) in [6.45, 7) is 6.62. The van der Waals surface area contributed by atoms with E-state index in [1.807, 2.05) is 6.92 Å². The molecule has 6 nitrogen and oxygen atoms in total. The number of aryl methyl sites for hydroxylation is 1. The van der Waals surface area contributed by atoms with Gasteiger partial charge in [-0.2, -0.15) is 0 Å². The molecular formula is C28H27FN2O4. The smallest absolute Gasteiger partial charge is 0.295 e. The Bertz CT molecular complexity index is 1270. The van der Waals surface area contributed by atoms with Gasteiger partial charge >= 0.3 is 0 Å². The predicted molar refractivity (Wildman–Crippen MR) is 130 cm³/mol. The number of aliphatic hydroxyl groups is 1. The van der Waals surface area contributed by atoms with Crippen LogP contribution in [0.5, 0.6) is 5.75 Å². The maximum atomic E-state index is 13.7. The summed E-state index contributed by atoms with van der Waals surface area (Å²) in [6.07, 6.45) is 3.23. The minimum absolute atomic E-state index is 0.0410. The Hall–Kier alpha value is -4.00. The molecule has 1 aromatic heterocycles. The third-order valence-electron chi connectivity index (χ3n) is 5.82. The number of benzene rings is 2. The fourth-order valence-electron chi connectivity index (χ4n) is 4.09. The second-order valence-corrected chi connectivity index (χ2v) is 9.02. The van der Waals surface area contributed by atoms with Gasteiger partial charge in [-0.1, -0.05) is 32.0 Å². The van der Waals surface area contributed by atoms with Gasteiger partial charge < -0.3 is 14.7 Å². The van der Waals surface area contributed by atoms with Crippen LogP contribution in [0, 0.1) is 18.7 Å². The van der Waals surface area contributed by atoms with E-state index in [1.54, 1.807) is 42.7 Å². The Labute approximate surface area is 203 Å². The second kappa shape index (κ2) is 10.1. The van der Waals surface area contributed by atoms with Crippen LogP contribution in [0.3, 0.4) is 0 Å². The van der Waals surface area contributed by atoms with Gasteiger partial charge in [0.25, 0.3) is 11.7 Å². The fraction of sp³-hybridized carbons (Fsp3) is 0.250. The van der Waals surface area contributed by atoms with Gasteiger partial charge in [-0.25, -0.2) is 4.39 Å². The first kappa shape index (κ1) is 24.1. The molecule has 0 radical (unpaired) electrons. The van der Waals surface area contributed by atoms with Crippen LogP contribution in [-0.2, 0) is 16.1 Å². The van der Waals surface area contributed by atoms with E-state index < -0.39 is 23.5 Å². The van der Waals surface area contributed by atoms with Crippen molar-refractivity contribution in [3.63, 3.8) is 0 Å². The average molecular weight is 475 g/mol. The number of carbonyl (C=O) groups is 2. The summed E-state index contributed by atoms with van der Waals surface area (Å²) < 4.78 is 19.5. The van der Waals surface area contributed by atoms with Crippen LogP contribution in [0.15, 0.2) is 72.6 Å². The van der Waals surface area contributed by atoms with Crippen LogP contribution in [-0.4, -0.2) is 33.3 Å². The molecule has 3 aromatic rings.